The summed E-state index contributed by atoms with van der Waals surface area (Å²) in [7, 11) is 0. The molecule has 0 spiro atoms. The van der Waals surface area contributed by atoms with Crippen molar-refractivity contribution in [2.45, 2.75) is 75.5 Å². The molecule has 204 valence electrons. The maximum Gasteiger partial charge on any atom is 0.416 e. The number of carbonyl (C=O) groups excluding carboxylic acids is 3. The van der Waals surface area contributed by atoms with Gasteiger partial charge in [0.15, 0.2) is 0 Å². The van der Waals surface area contributed by atoms with Gasteiger partial charge in [-0.15, -0.1) is 0 Å². The molecule has 1 aromatic carbocycles. The Bertz CT molecular complexity index is 1210. The number of piperidine rings is 1. The van der Waals surface area contributed by atoms with Gasteiger partial charge in [-0.3, -0.25) is 19.1 Å². The molecule has 0 radical (unpaired) electrons. The predicted octanol–water partition coefficient (Wildman–Crippen LogP) is 4.19. The van der Waals surface area contributed by atoms with Crippen LogP contribution in [0.25, 0.3) is 0 Å². The number of likely N-dealkylation sites (tertiary alicyclic amines) is 2. The maximum absolute atomic E-state index is 13.8. The van der Waals surface area contributed by atoms with Gasteiger partial charge in [0.2, 0.25) is 11.8 Å². The number of hydrogen-bond acceptors (Lipinski definition) is 4. The van der Waals surface area contributed by atoms with Crippen molar-refractivity contribution in [3.8, 4) is 0 Å². The van der Waals surface area contributed by atoms with Crippen LogP contribution in [0.3, 0.4) is 0 Å². The predicted molar refractivity (Wildman–Crippen MR) is 132 cm³/mol. The van der Waals surface area contributed by atoms with Gasteiger partial charge in [0.05, 0.1) is 35.1 Å². The lowest BCUT2D eigenvalue weighted by Gasteiger charge is -2.33. The highest BCUT2D eigenvalue weighted by molar-refractivity contribution is 5.96. The fraction of sp³-hybridized carbons (Fsp3) is 0.556. The standard InChI is InChI=1S/C27H32F3N5O3/c28-27(29,30)21-5-2-1-4-19(21)22-6-3-13-34(22)26(38)20-16-32-35(25(20)17-7-8-17)18-11-14-33(15-12-18)24(37)10-9-23(31)36/h1-2,4-5,16-18,22H,3,6-15H2,(H2,31,36). The molecule has 38 heavy (non-hydrogen) atoms. The molecule has 1 saturated carbocycles. The highest BCUT2D eigenvalue weighted by Gasteiger charge is 2.42. The maximum atomic E-state index is 13.8. The Hall–Kier alpha value is -3.37. The van der Waals surface area contributed by atoms with E-state index in [1.165, 1.54) is 12.1 Å². The van der Waals surface area contributed by atoms with E-state index in [2.05, 4.69) is 5.10 Å². The van der Waals surface area contributed by atoms with Crippen LogP contribution >= 0.6 is 0 Å². The van der Waals surface area contributed by atoms with Crippen molar-refractivity contribution < 1.29 is 27.6 Å². The molecule has 5 rings (SSSR count). The van der Waals surface area contributed by atoms with Crippen molar-refractivity contribution in [3.05, 3.63) is 52.8 Å². The Morgan fingerprint density at radius 3 is 2.34 bits per heavy atom. The average Bonchev–Trinajstić information content (AvgIpc) is 3.44. The van der Waals surface area contributed by atoms with Gasteiger partial charge in [-0.25, -0.2) is 0 Å². The van der Waals surface area contributed by atoms with Crippen LogP contribution in [-0.4, -0.2) is 56.9 Å². The topological polar surface area (TPSA) is 102 Å². The van der Waals surface area contributed by atoms with E-state index in [0.29, 0.717) is 50.9 Å². The molecule has 1 aliphatic carbocycles. The first-order valence-electron chi connectivity index (χ1n) is 13.3. The first kappa shape index (κ1) is 26.2. The number of halogens is 3. The molecular formula is C27H32F3N5O3. The zero-order chi connectivity index (χ0) is 27.0. The quantitative estimate of drug-likeness (QED) is 0.579. The number of benzene rings is 1. The molecule has 2 N–H and O–H groups in total. The summed E-state index contributed by atoms with van der Waals surface area (Å²) in [6.07, 6.45) is 1.55. The molecule has 3 heterocycles. The van der Waals surface area contributed by atoms with Crippen molar-refractivity contribution in [1.82, 2.24) is 19.6 Å². The van der Waals surface area contributed by atoms with Crippen molar-refractivity contribution in [2.24, 2.45) is 5.73 Å². The Morgan fingerprint density at radius 1 is 0.974 bits per heavy atom. The summed E-state index contributed by atoms with van der Waals surface area (Å²) < 4.78 is 43.1. The lowest BCUT2D eigenvalue weighted by Crippen LogP contribution is -2.39. The van der Waals surface area contributed by atoms with Gasteiger partial charge in [-0.05, 0) is 50.2 Å². The van der Waals surface area contributed by atoms with Crippen LogP contribution in [0.5, 0.6) is 0 Å². The number of hydrogen-bond donors (Lipinski definition) is 1. The number of alkyl halides is 3. The van der Waals surface area contributed by atoms with Crippen LogP contribution in [0.1, 0.15) is 96.5 Å². The summed E-state index contributed by atoms with van der Waals surface area (Å²) in [6.45, 7) is 1.45. The number of primary amides is 1. The van der Waals surface area contributed by atoms with E-state index in [4.69, 9.17) is 5.73 Å². The Morgan fingerprint density at radius 2 is 1.68 bits per heavy atom. The normalized spacial score (nSPS) is 20.7. The minimum atomic E-state index is -4.49. The van der Waals surface area contributed by atoms with Crippen LogP contribution in [0.15, 0.2) is 30.5 Å². The Kier molecular flexibility index (Phi) is 7.19. The average molecular weight is 532 g/mol. The van der Waals surface area contributed by atoms with Gasteiger partial charge >= 0.3 is 6.18 Å². The Labute approximate surface area is 218 Å². The van der Waals surface area contributed by atoms with E-state index >= 15 is 0 Å². The van der Waals surface area contributed by atoms with E-state index in [1.807, 2.05) is 4.68 Å². The van der Waals surface area contributed by atoms with E-state index in [0.717, 1.165) is 24.6 Å². The highest BCUT2D eigenvalue weighted by Crippen LogP contribution is 2.45. The molecule has 11 heteroatoms. The third-order valence-corrected chi connectivity index (χ3v) is 7.92. The molecule has 1 unspecified atom stereocenters. The largest absolute Gasteiger partial charge is 0.416 e. The number of nitrogens with two attached hydrogens (primary N) is 1. The number of aromatic nitrogens is 2. The first-order valence-corrected chi connectivity index (χ1v) is 13.3. The monoisotopic (exact) mass is 531 g/mol. The second-order valence-corrected chi connectivity index (χ2v) is 10.5. The molecular weight excluding hydrogens is 499 g/mol. The van der Waals surface area contributed by atoms with Crippen LogP contribution in [0.2, 0.25) is 0 Å². The molecule has 3 amide bonds. The Balaban J connectivity index is 1.34. The molecule has 8 nitrogen and oxygen atoms in total. The molecule has 3 fully saturated rings. The first-order chi connectivity index (χ1) is 18.1. The van der Waals surface area contributed by atoms with Gasteiger partial charge in [0.1, 0.15) is 0 Å². The second kappa shape index (κ2) is 10.4. The van der Waals surface area contributed by atoms with E-state index in [1.54, 1.807) is 22.1 Å². The summed E-state index contributed by atoms with van der Waals surface area (Å²) in [5.74, 6) is -0.662. The molecule has 0 bridgehead atoms. The summed E-state index contributed by atoms with van der Waals surface area (Å²) in [5.41, 5.74) is 5.94. The van der Waals surface area contributed by atoms with Crippen molar-refractivity contribution >= 4 is 17.7 Å². The fourth-order valence-electron chi connectivity index (χ4n) is 5.87. The second-order valence-electron chi connectivity index (χ2n) is 10.5. The molecule has 2 saturated heterocycles. The molecule has 3 aliphatic rings. The third kappa shape index (κ3) is 5.28. The smallest absolute Gasteiger partial charge is 0.370 e. The summed E-state index contributed by atoms with van der Waals surface area (Å²) in [6, 6.07) is 4.90. The number of amides is 3. The van der Waals surface area contributed by atoms with Gasteiger partial charge < -0.3 is 15.5 Å². The van der Waals surface area contributed by atoms with Gasteiger partial charge in [0, 0.05) is 38.4 Å². The van der Waals surface area contributed by atoms with Crippen molar-refractivity contribution in [3.63, 3.8) is 0 Å². The number of nitrogens with zero attached hydrogens (tertiary/aromatic N) is 4. The van der Waals surface area contributed by atoms with Gasteiger partial charge in [0.25, 0.3) is 5.91 Å². The third-order valence-electron chi connectivity index (χ3n) is 7.92. The molecule has 2 aliphatic heterocycles. The summed E-state index contributed by atoms with van der Waals surface area (Å²) in [4.78, 5) is 40.5. The SMILES string of the molecule is NC(=O)CCC(=O)N1CCC(n2ncc(C(=O)N3CCCC3c3ccccc3C(F)(F)F)c2C2CC2)CC1. The van der Waals surface area contributed by atoms with Gasteiger partial charge in [-0.2, -0.15) is 18.3 Å². The molecule has 1 atom stereocenters. The van der Waals surface area contributed by atoms with E-state index < -0.39 is 23.7 Å². The van der Waals surface area contributed by atoms with Crippen molar-refractivity contribution in [1.29, 1.82) is 0 Å². The van der Waals surface area contributed by atoms with Crippen LogP contribution in [0.4, 0.5) is 13.2 Å². The molecule has 1 aromatic heterocycles. The van der Waals surface area contributed by atoms with Crippen LogP contribution in [0, 0.1) is 0 Å². The lowest BCUT2D eigenvalue weighted by molar-refractivity contribution is -0.138. The number of carbonyl (C=O) groups is 3. The summed E-state index contributed by atoms with van der Waals surface area (Å²) >= 11 is 0. The fourth-order valence-corrected chi connectivity index (χ4v) is 5.87. The van der Waals surface area contributed by atoms with E-state index in [-0.39, 0.29) is 42.2 Å². The van der Waals surface area contributed by atoms with Crippen LogP contribution < -0.4 is 5.73 Å². The van der Waals surface area contributed by atoms with E-state index in [9.17, 15) is 27.6 Å². The minimum absolute atomic E-state index is 0.0210. The molecule has 2 aromatic rings. The highest BCUT2D eigenvalue weighted by atomic mass is 19.4. The van der Waals surface area contributed by atoms with Crippen LogP contribution in [-0.2, 0) is 15.8 Å². The lowest BCUT2D eigenvalue weighted by atomic mass is 9.97. The van der Waals surface area contributed by atoms with Crippen molar-refractivity contribution in [2.75, 3.05) is 19.6 Å². The summed E-state index contributed by atoms with van der Waals surface area (Å²) in [5, 5.41) is 4.60. The number of rotatable bonds is 7. The minimum Gasteiger partial charge on any atom is -0.370 e. The van der Waals surface area contributed by atoms with Gasteiger partial charge in [-0.1, -0.05) is 18.2 Å². The zero-order valence-corrected chi connectivity index (χ0v) is 21.1. The zero-order valence-electron chi connectivity index (χ0n) is 21.1.